The lowest BCUT2D eigenvalue weighted by Crippen LogP contribution is -2.15. The van der Waals surface area contributed by atoms with E-state index in [2.05, 4.69) is 20.8 Å². The highest BCUT2D eigenvalue weighted by Crippen LogP contribution is 2.16. The van der Waals surface area contributed by atoms with Gasteiger partial charge in [-0.05, 0) is 47.2 Å². The van der Waals surface area contributed by atoms with E-state index in [-0.39, 0.29) is 12.4 Å². The number of aryl methyl sites for hydroxylation is 1. The maximum absolute atomic E-state index is 13.2. The van der Waals surface area contributed by atoms with Crippen molar-refractivity contribution in [2.45, 2.75) is 13.0 Å². The number of hydrogen-bond acceptors (Lipinski definition) is 5. The van der Waals surface area contributed by atoms with Crippen LogP contribution in [0.2, 0.25) is 0 Å². The van der Waals surface area contributed by atoms with Gasteiger partial charge in [0, 0.05) is 6.54 Å². The van der Waals surface area contributed by atoms with Crippen LogP contribution in [0, 0.1) is 12.7 Å². The maximum Gasteiger partial charge on any atom is 0.247 e. The second kappa shape index (κ2) is 6.53. The molecule has 0 aliphatic rings. The number of hydrogen-bond donors (Lipinski definition) is 2. The van der Waals surface area contributed by atoms with Gasteiger partial charge in [-0.1, -0.05) is 34.9 Å². The molecule has 2 N–H and O–H groups in total. The summed E-state index contributed by atoms with van der Waals surface area (Å²) in [6, 6.07) is 13.6. The highest BCUT2D eigenvalue weighted by atomic mass is 19.1. The summed E-state index contributed by atoms with van der Waals surface area (Å²) in [5.74, 6) is 0.0235. The molecule has 3 aromatic rings. The van der Waals surface area contributed by atoms with E-state index < -0.39 is 6.10 Å². The average molecular weight is 313 g/mol. The lowest BCUT2D eigenvalue weighted by molar-refractivity contribution is 0.191. The standard InChI is InChI=1S/C16H16FN5O/c1-11-5-7-14(8-6-11)22-16(19-20-21-22)18-10-15(23)12-3-2-4-13(17)9-12/h2-9,15,23H,10H2,1H3,(H,18,19,21). The molecule has 0 spiro atoms. The molecule has 1 aromatic heterocycles. The van der Waals surface area contributed by atoms with Crippen molar-refractivity contribution in [2.24, 2.45) is 0 Å². The van der Waals surface area contributed by atoms with Gasteiger partial charge in [-0.25, -0.2) is 4.39 Å². The summed E-state index contributed by atoms with van der Waals surface area (Å²) in [6.45, 7) is 2.16. The SMILES string of the molecule is Cc1ccc(-n2nnnc2NCC(O)c2cccc(F)c2)cc1. The van der Waals surface area contributed by atoms with Gasteiger partial charge in [0.05, 0.1) is 11.8 Å². The number of halogens is 1. The Morgan fingerprint density at radius 1 is 1.22 bits per heavy atom. The monoisotopic (exact) mass is 313 g/mol. The molecule has 3 rings (SSSR count). The lowest BCUT2D eigenvalue weighted by Gasteiger charge is -2.13. The first-order chi connectivity index (χ1) is 11.1. The molecular weight excluding hydrogens is 297 g/mol. The Labute approximate surface area is 132 Å². The summed E-state index contributed by atoms with van der Waals surface area (Å²) in [5, 5.41) is 24.6. The normalized spacial score (nSPS) is 12.1. The smallest absolute Gasteiger partial charge is 0.247 e. The van der Waals surface area contributed by atoms with Gasteiger partial charge < -0.3 is 10.4 Å². The summed E-state index contributed by atoms with van der Waals surface area (Å²) in [5.41, 5.74) is 2.44. The zero-order chi connectivity index (χ0) is 16.2. The largest absolute Gasteiger partial charge is 0.387 e. The summed E-state index contributed by atoms with van der Waals surface area (Å²) in [6.07, 6.45) is -0.867. The number of aliphatic hydroxyl groups is 1. The fourth-order valence-electron chi connectivity index (χ4n) is 2.18. The zero-order valence-electron chi connectivity index (χ0n) is 12.5. The van der Waals surface area contributed by atoms with Crippen LogP contribution in [-0.4, -0.2) is 31.9 Å². The minimum absolute atomic E-state index is 0.162. The summed E-state index contributed by atoms with van der Waals surface area (Å²) in [4.78, 5) is 0. The molecule has 6 nitrogen and oxygen atoms in total. The molecule has 1 heterocycles. The number of benzene rings is 2. The topological polar surface area (TPSA) is 75.9 Å². The molecule has 0 amide bonds. The number of tetrazole rings is 1. The molecule has 0 radical (unpaired) electrons. The Morgan fingerprint density at radius 3 is 2.74 bits per heavy atom. The Morgan fingerprint density at radius 2 is 2.00 bits per heavy atom. The van der Waals surface area contributed by atoms with Crippen molar-refractivity contribution < 1.29 is 9.50 Å². The minimum atomic E-state index is -0.867. The van der Waals surface area contributed by atoms with Gasteiger partial charge in [-0.2, -0.15) is 4.68 Å². The maximum atomic E-state index is 13.2. The zero-order valence-corrected chi connectivity index (χ0v) is 12.5. The van der Waals surface area contributed by atoms with Gasteiger partial charge in [-0.15, -0.1) is 0 Å². The van der Waals surface area contributed by atoms with Crippen LogP contribution in [0.15, 0.2) is 48.5 Å². The predicted molar refractivity (Wildman–Crippen MR) is 83.7 cm³/mol. The molecule has 0 aliphatic carbocycles. The van der Waals surface area contributed by atoms with Crippen molar-refractivity contribution in [3.05, 3.63) is 65.5 Å². The Bertz CT molecular complexity index is 787. The predicted octanol–water partition coefficient (Wildman–Crippen LogP) is 2.26. The molecule has 1 unspecified atom stereocenters. The number of aliphatic hydroxyl groups excluding tert-OH is 1. The molecule has 0 aliphatic heterocycles. The fourth-order valence-corrected chi connectivity index (χ4v) is 2.18. The van der Waals surface area contributed by atoms with Crippen molar-refractivity contribution in [3.8, 4) is 5.69 Å². The summed E-state index contributed by atoms with van der Waals surface area (Å²) in [7, 11) is 0. The number of nitrogens with one attached hydrogen (secondary N) is 1. The quantitative estimate of drug-likeness (QED) is 0.755. The van der Waals surface area contributed by atoms with Crippen molar-refractivity contribution >= 4 is 5.95 Å². The first kappa shape index (κ1) is 15.1. The van der Waals surface area contributed by atoms with Crippen LogP contribution in [-0.2, 0) is 0 Å². The van der Waals surface area contributed by atoms with Gasteiger partial charge >= 0.3 is 0 Å². The van der Waals surface area contributed by atoms with Crippen molar-refractivity contribution in [3.63, 3.8) is 0 Å². The second-order valence-corrected chi connectivity index (χ2v) is 5.20. The van der Waals surface area contributed by atoms with E-state index in [4.69, 9.17) is 0 Å². The van der Waals surface area contributed by atoms with Gasteiger partial charge in [-0.3, -0.25) is 0 Å². The minimum Gasteiger partial charge on any atom is -0.387 e. The second-order valence-electron chi connectivity index (χ2n) is 5.20. The van der Waals surface area contributed by atoms with Crippen LogP contribution in [0.5, 0.6) is 0 Å². The van der Waals surface area contributed by atoms with Crippen LogP contribution >= 0.6 is 0 Å². The molecular formula is C16H16FN5O. The molecule has 23 heavy (non-hydrogen) atoms. The fraction of sp³-hybridized carbons (Fsp3) is 0.188. The number of aromatic nitrogens is 4. The molecule has 0 bridgehead atoms. The Balaban J connectivity index is 1.72. The van der Waals surface area contributed by atoms with Crippen LogP contribution in [0.25, 0.3) is 5.69 Å². The Kier molecular flexibility index (Phi) is 4.29. The molecule has 118 valence electrons. The summed E-state index contributed by atoms with van der Waals surface area (Å²) < 4.78 is 14.7. The molecule has 0 fully saturated rings. The van der Waals surface area contributed by atoms with E-state index in [9.17, 15) is 9.50 Å². The Hall–Kier alpha value is -2.80. The average Bonchev–Trinajstić information content (AvgIpc) is 3.02. The highest BCUT2D eigenvalue weighted by molar-refractivity contribution is 5.40. The third-order valence-corrected chi connectivity index (χ3v) is 3.44. The third kappa shape index (κ3) is 3.51. The highest BCUT2D eigenvalue weighted by Gasteiger charge is 2.12. The number of anilines is 1. The van der Waals surface area contributed by atoms with Gasteiger partial charge in [0.15, 0.2) is 0 Å². The first-order valence-corrected chi connectivity index (χ1v) is 7.16. The van der Waals surface area contributed by atoms with E-state index >= 15 is 0 Å². The van der Waals surface area contributed by atoms with E-state index in [1.807, 2.05) is 31.2 Å². The molecule has 1 atom stereocenters. The molecule has 0 saturated carbocycles. The van der Waals surface area contributed by atoms with Crippen LogP contribution in [0.3, 0.4) is 0 Å². The van der Waals surface area contributed by atoms with Crippen LogP contribution in [0.1, 0.15) is 17.2 Å². The van der Waals surface area contributed by atoms with Crippen LogP contribution in [0.4, 0.5) is 10.3 Å². The van der Waals surface area contributed by atoms with E-state index in [0.717, 1.165) is 11.3 Å². The van der Waals surface area contributed by atoms with Gasteiger partial charge in [0.25, 0.3) is 0 Å². The van der Waals surface area contributed by atoms with Gasteiger partial charge in [0.2, 0.25) is 5.95 Å². The van der Waals surface area contributed by atoms with Gasteiger partial charge in [0.1, 0.15) is 5.82 Å². The van der Waals surface area contributed by atoms with Crippen molar-refractivity contribution in [1.82, 2.24) is 20.2 Å². The number of rotatable bonds is 5. The van der Waals surface area contributed by atoms with Crippen molar-refractivity contribution in [2.75, 3.05) is 11.9 Å². The first-order valence-electron chi connectivity index (χ1n) is 7.16. The third-order valence-electron chi connectivity index (χ3n) is 3.44. The van der Waals surface area contributed by atoms with E-state index in [0.29, 0.717) is 11.5 Å². The lowest BCUT2D eigenvalue weighted by atomic mass is 10.1. The molecule has 2 aromatic carbocycles. The van der Waals surface area contributed by atoms with Crippen molar-refractivity contribution in [1.29, 1.82) is 0 Å². The number of nitrogens with zero attached hydrogens (tertiary/aromatic N) is 4. The van der Waals surface area contributed by atoms with E-state index in [1.165, 1.54) is 16.8 Å². The van der Waals surface area contributed by atoms with E-state index in [1.54, 1.807) is 12.1 Å². The molecule has 7 heteroatoms. The summed E-state index contributed by atoms with van der Waals surface area (Å²) >= 11 is 0. The van der Waals surface area contributed by atoms with Crippen LogP contribution < -0.4 is 5.32 Å². The molecule has 0 saturated heterocycles.